The molecule has 0 saturated heterocycles. The topological polar surface area (TPSA) is 133 Å². The minimum atomic E-state index is -3.30. The van der Waals surface area contributed by atoms with Crippen LogP contribution in [0.5, 0.6) is 0 Å². The van der Waals surface area contributed by atoms with Crippen LogP contribution in [-0.2, 0) is 5.54 Å². The fourth-order valence-corrected chi connectivity index (χ4v) is 4.93. The van der Waals surface area contributed by atoms with Gasteiger partial charge in [-0.25, -0.2) is 37.4 Å². The summed E-state index contributed by atoms with van der Waals surface area (Å²) < 4.78 is 62.4. The molecule has 0 amide bonds. The number of halogens is 3. The molecule has 0 unspecified atom stereocenters. The van der Waals surface area contributed by atoms with E-state index < -0.39 is 34.3 Å². The Labute approximate surface area is 182 Å². The van der Waals surface area contributed by atoms with Crippen LogP contribution < -0.4 is 11.1 Å². The van der Waals surface area contributed by atoms with Crippen LogP contribution in [-0.4, -0.2) is 47.1 Å². The lowest BCUT2D eigenvalue weighted by Crippen LogP contribution is -2.47. The molecular formula is C19H20F3N7O2S. The number of aliphatic imine (C=N–C) groups is 1. The van der Waals surface area contributed by atoms with Gasteiger partial charge in [0.25, 0.3) is 6.43 Å². The van der Waals surface area contributed by atoms with Crippen LogP contribution in [0.1, 0.15) is 24.6 Å². The highest BCUT2D eigenvalue weighted by Gasteiger charge is 2.41. The second-order valence-corrected chi connectivity index (χ2v) is 9.56. The zero-order valence-electron chi connectivity index (χ0n) is 17.0. The molecule has 13 heteroatoms. The number of nitrogens with zero attached hydrogens (tertiary/aromatic N) is 5. The minimum absolute atomic E-state index is 0.0878. The van der Waals surface area contributed by atoms with Crippen LogP contribution in [0.15, 0.2) is 41.7 Å². The van der Waals surface area contributed by atoms with E-state index in [0.29, 0.717) is 5.69 Å². The van der Waals surface area contributed by atoms with E-state index in [-0.39, 0.29) is 34.1 Å². The van der Waals surface area contributed by atoms with Crippen molar-refractivity contribution in [1.29, 1.82) is 0 Å². The second kappa shape index (κ2) is 7.76. The zero-order valence-corrected chi connectivity index (χ0v) is 17.8. The predicted molar refractivity (Wildman–Crippen MR) is 116 cm³/mol. The van der Waals surface area contributed by atoms with Crippen molar-refractivity contribution in [3.05, 3.63) is 53.7 Å². The van der Waals surface area contributed by atoms with Gasteiger partial charge >= 0.3 is 0 Å². The van der Waals surface area contributed by atoms with E-state index in [0.717, 1.165) is 10.5 Å². The number of nitrogens with two attached hydrogens (primary N) is 1. The Hall–Kier alpha value is -3.16. The number of aromatic nitrogens is 3. The number of benzene rings is 1. The van der Waals surface area contributed by atoms with Crippen molar-refractivity contribution in [2.24, 2.45) is 10.7 Å². The van der Waals surface area contributed by atoms with Crippen molar-refractivity contribution in [2.75, 3.05) is 18.1 Å². The summed E-state index contributed by atoms with van der Waals surface area (Å²) in [6.45, 7) is 1.55. The first kappa shape index (κ1) is 22.0. The second-order valence-electron chi connectivity index (χ2n) is 7.46. The third kappa shape index (κ3) is 3.89. The van der Waals surface area contributed by atoms with E-state index in [1.54, 1.807) is 6.92 Å². The van der Waals surface area contributed by atoms with Crippen molar-refractivity contribution >= 4 is 39.3 Å². The Morgan fingerprint density at radius 3 is 2.69 bits per heavy atom. The molecule has 5 N–H and O–H groups in total. The third-order valence-corrected chi connectivity index (χ3v) is 7.12. The van der Waals surface area contributed by atoms with E-state index in [4.69, 9.17) is 5.73 Å². The van der Waals surface area contributed by atoms with Gasteiger partial charge < -0.3 is 11.1 Å². The number of fused-ring (bicyclic) bond motifs is 1. The van der Waals surface area contributed by atoms with Gasteiger partial charge in [-0.15, -0.1) is 10.8 Å². The smallest absolute Gasteiger partial charge is 0.281 e. The molecule has 3 aromatic rings. The normalized spacial score (nSPS) is 21.5. The molecule has 3 heterocycles. The maximum Gasteiger partial charge on any atom is 0.281 e. The van der Waals surface area contributed by atoms with Gasteiger partial charge in [-0.2, -0.15) is 0 Å². The molecule has 9 nitrogen and oxygen atoms in total. The van der Waals surface area contributed by atoms with Crippen molar-refractivity contribution < 1.29 is 22.3 Å². The van der Waals surface area contributed by atoms with Gasteiger partial charge in [0, 0.05) is 24.5 Å². The number of hydrogen-bond donors (Lipinski definition) is 4. The van der Waals surface area contributed by atoms with Crippen LogP contribution in [0.4, 0.5) is 24.7 Å². The molecule has 0 radical (unpaired) electrons. The van der Waals surface area contributed by atoms with E-state index in [9.17, 15) is 22.3 Å². The molecule has 32 heavy (non-hydrogen) atoms. The SMILES string of the molecule is CN1C(N)=N[C@](C)(c2cc(Nc3nccc4nc(C(F)F)cnc34)ccc2F)CS1(O)O. The summed E-state index contributed by atoms with van der Waals surface area (Å²) >= 11 is 0. The van der Waals surface area contributed by atoms with Crippen molar-refractivity contribution in [3.63, 3.8) is 0 Å². The summed E-state index contributed by atoms with van der Waals surface area (Å²) in [5.41, 5.74) is 5.00. The fourth-order valence-electron chi connectivity index (χ4n) is 3.43. The highest BCUT2D eigenvalue weighted by molar-refractivity contribution is 8.22. The van der Waals surface area contributed by atoms with Gasteiger partial charge in [0.15, 0.2) is 5.82 Å². The van der Waals surface area contributed by atoms with Crippen LogP contribution in [0.2, 0.25) is 0 Å². The molecular weight excluding hydrogens is 447 g/mol. The average molecular weight is 467 g/mol. The number of anilines is 2. The molecule has 1 aliphatic heterocycles. The predicted octanol–water partition coefficient (Wildman–Crippen LogP) is 3.99. The summed E-state index contributed by atoms with van der Waals surface area (Å²) in [5.74, 6) is -0.764. The minimum Gasteiger partial charge on any atom is -0.369 e. The summed E-state index contributed by atoms with van der Waals surface area (Å²) in [4.78, 5) is 16.4. The highest BCUT2D eigenvalue weighted by atomic mass is 32.3. The quantitative estimate of drug-likeness (QED) is 0.453. The number of hydrogen-bond acceptors (Lipinski definition) is 9. The van der Waals surface area contributed by atoms with E-state index in [1.807, 2.05) is 0 Å². The Morgan fingerprint density at radius 1 is 1.25 bits per heavy atom. The molecule has 2 aromatic heterocycles. The molecule has 0 aliphatic carbocycles. The van der Waals surface area contributed by atoms with Crippen LogP contribution in [0.25, 0.3) is 11.0 Å². The largest absolute Gasteiger partial charge is 0.369 e. The zero-order chi connectivity index (χ0) is 23.3. The first-order valence-corrected chi connectivity index (χ1v) is 11.0. The fraction of sp³-hybridized carbons (Fsp3) is 0.263. The number of rotatable bonds is 4. The molecule has 0 fully saturated rings. The first-order valence-electron chi connectivity index (χ1n) is 9.32. The van der Waals surface area contributed by atoms with Gasteiger partial charge in [0.1, 0.15) is 22.6 Å². The molecule has 170 valence electrons. The third-order valence-electron chi connectivity index (χ3n) is 5.11. The van der Waals surface area contributed by atoms with Crippen molar-refractivity contribution in [3.8, 4) is 0 Å². The Bertz CT molecular complexity index is 1230. The van der Waals surface area contributed by atoms with Crippen molar-refractivity contribution in [1.82, 2.24) is 19.3 Å². The van der Waals surface area contributed by atoms with E-state index in [1.165, 1.54) is 37.5 Å². The summed E-state index contributed by atoms with van der Waals surface area (Å²) in [5, 5.41) is 2.98. The Kier molecular flexibility index (Phi) is 5.35. The van der Waals surface area contributed by atoms with E-state index in [2.05, 4.69) is 25.3 Å². The molecule has 4 rings (SSSR count). The number of pyridine rings is 1. The van der Waals surface area contributed by atoms with Gasteiger partial charge in [-0.3, -0.25) is 9.11 Å². The lowest BCUT2D eigenvalue weighted by Gasteiger charge is -2.49. The number of alkyl halides is 2. The molecule has 1 aromatic carbocycles. The molecule has 0 spiro atoms. The number of nitrogens with one attached hydrogen (secondary N) is 1. The van der Waals surface area contributed by atoms with Gasteiger partial charge in [-0.05, 0) is 31.2 Å². The number of guanidine groups is 1. The molecule has 0 bridgehead atoms. The lowest BCUT2D eigenvalue weighted by atomic mass is 9.93. The molecule has 0 saturated carbocycles. The lowest BCUT2D eigenvalue weighted by molar-refractivity contribution is 0.146. The summed E-state index contributed by atoms with van der Waals surface area (Å²) in [6.07, 6.45) is -0.401. The van der Waals surface area contributed by atoms with Gasteiger partial charge in [0.05, 0.1) is 17.5 Å². The summed E-state index contributed by atoms with van der Waals surface area (Å²) in [7, 11) is -1.90. The maximum absolute atomic E-state index is 14.8. The van der Waals surface area contributed by atoms with Crippen LogP contribution in [0.3, 0.4) is 0 Å². The van der Waals surface area contributed by atoms with Gasteiger partial charge in [-0.1, -0.05) is 0 Å². The monoisotopic (exact) mass is 467 g/mol. The standard InChI is InChI=1S/C19H20F3N7O2S/c1-19(9-32(30,31)29(2)18(23)28-19)11-7-10(3-4-12(11)20)26-17-15-13(5-6-24-17)27-14(8-25-15)16(21)22/h3-8,16,30-31H,9H2,1-2H3,(H2,23,28)(H,24,26)/t19-/m0/s1. The highest BCUT2D eigenvalue weighted by Crippen LogP contribution is 2.51. The first-order chi connectivity index (χ1) is 15.0. The average Bonchev–Trinajstić information content (AvgIpc) is 2.72. The maximum atomic E-state index is 14.8. The van der Waals surface area contributed by atoms with Crippen LogP contribution >= 0.6 is 10.8 Å². The van der Waals surface area contributed by atoms with Crippen molar-refractivity contribution in [2.45, 2.75) is 18.9 Å². The summed E-state index contributed by atoms with van der Waals surface area (Å²) in [6, 6.07) is 5.56. The van der Waals surface area contributed by atoms with Crippen LogP contribution in [0, 0.1) is 5.82 Å². The van der Waals surface area contributed by atoms with Gasteiger partial charge in [0.2, 0.25) is 5.96 Å². The Balaban J connectivity index is 1.73. The molecule has 1 atom stereocenters. The Morgan fingerprint density at radius 2 is 2.00 bits per heavy atom. The molecule has 1 aliphatic rings. The van der Waals surface area contributed by atoms with E-state index >= 15 is 0 Å².